The second kappa shape index (κ2) is 8.83. The predicted molar refractivity (Wildman–Crippen MR) is 125 cm³/mol. The van der Waals surface area contributed by atoms with Crippen molar-refractivity contribution < 1.29 is 37.0 Å². The largest absolute Gasteiger partial charge is 0.573 e. The Morgan fingerprint density at radius 1 is 1.11 bits per heavy atom. The lowest BCUT2D eigenvalue weighted by Crippen LogP contribution is -2.31. The van der Waals surface area contributed by atoms with Gasteiger partial charge < -0.3 is 14.3 Å². The Bertz CT molecular complexity index is 1530. The second-order valence-electron chi connectivity index (χ2n) is 7.79. The van der Waals surface area contributed by atoms with E-state index in [4.69, 9.17) is 4.42 Å². The number of ether oxygens (including phenoxy) is 1. The average Bonchev–Trinajstić information content (AvgIpc) is 3.37. The van der Waals surface area contributed by atoms with Gasteiger partial charge in [-0.15, -0.1) is 13.2 Å². The number of hydrogen-bond donors (Lipinski definition) is 1. The van der Waals surface area contributed by atoms with Crippen LogP contribution in [0, 0.1) is 0 Å². The van der Waals surface area contributed by atoms with Gasteiger partial charge in [0.15, 0.2) is 11.5 Å². The molecule has 0 bridgehead atoms. The molecule has 0 fully saturated rings. The molecule has 1 atom stereocenters. The average molecular weight is 559 g/mol. The van der Waals surface area contributed by atoms with Gasteiger partial charge in [-0.1, -0.05) is 28.1 Å². The predicted octanol–water partition coefficient (Wildman–Crippen LogP) is 6.27. The molecule has 5 rings (SSSR count). The Morgan fingerprint density at radius 3 is 2.64 bits per heavy atom. The number of Topliss-reactive ketones (excluding diaryl/α,β-unsaturated/α-hetero) is 1. The number of amides is 1. The number of pyridine rings is 1. The number of alkyl halides is 3. The van der Waals surface area contributed by atoms with E-state index in [1.165, 1.54) is 30.6 Å². The molecule has 0 aliphatic carbocycles. The van der Waals surface area contributed by atoms with Crippen molar-refractivity contribution in [2.75, 3.05) is 4.90 Å². The summed E-state index contributed by atoms with van der Waals surface area (Å²) in [5, 5.41) is 11.4. The van der Waals surface area contributed by atoms with E-state index >= 15 is 0 Å². The number of halogens is 4. The van der Waals surface area contributed by atoms with E-state index in [2.05, 4.69) is 25.7 Å². The van der Waals surface area contributed by atoms with Crippen LogP contribution < -0.4 is 9.64 Å². The minimum Gasteiger partial charge on any atom is -0.503 e. The van der Waals surface area contributed by atoms with Gasteiger partial charge in [-0.3, -0.25) is 19.5 Å². The number of furan rings is 1. The number of nitrogens with zero attached hydrogens (tertiary/aromatic N) is 2. The van der Waals surface area contributed by atoms with Crippen molar-refractivity contribution >= 4 is 44.3 Å². The molecule has 0 radical (unpaired) electrons. The molecule has 182 valence electrons. The molecule has 11 heteroatoms. The fourth-order valence-electron chi connectivity index (χ4n) is 4.05. The van der Waals surface area contributed by atoms with E-state index in [1.807, 2.05) is 0 Å². The molecule has 0 spiro atoms. The highest BCUT2D eigenvalue weighted by Gasteiger charge is 2.45. The van der Waals surface area contributed by atoms with Gasteiger partial charge in [-0.05, 0) is 48.0 Å². The van der Waals surface area contributed by atoms with Crippen LogP contribution in [0.25, 0.3) is 11.0 Å². The molecule has 7 nitrogen and oxygen atoms in total. The van der Waals surface area contributed by atoms with Crippen LogP contribution in [0.3, 0.4) is 0 Å². The van der Waals surface area contributed by atoms with Gasteiger partial charge in [0, 0.05) is 34.0 Å². The van der Waals surface area contributed by atoms with Crippen LogP contribution in [0.4, 0.5) is 18.9 Å². The molecule has 2 aromatic carbocycles. The van der Waals surface area contributed by atoms with E-state index in [-0.39, 0.29) is 17.0 Å². The zero-order chi connectivity index (χ0) is 25.6. The van der Waals surface area contributed by atoms with Gasteiger partial charge in [0.1, 0.15) is 11.3 Å². The van der Waals surface area contributed by atoms with Crippen LogP contribution in [0.5, 0.6) is 5.75 Å². The molecule has 36 heavy (non-hydrogen) atoms. The molecule has 4 aromatic rings. The van der Waals surface area contributed by atoms with Crippen LogP contribution in [0.2, 0.25) is 0 Å². The maximum Gasteiger partial charge on any atom is 0.573 e. The number of fused-ring (bicyclic) bond motifs is 1. The van der Waals surface area contributed by atoms with Gasteiger partial charge in [0.05, 0.1) is 11.6 Å². The van der Waals surface area contributed by atoms with Crippen LogP contribution in [0.15, 0.2) is 93.3 Å². The van der Waals surface area contributed by atoms with Gasteiger partial charge in [-0.25, -0.2) is 0 Å². The fraction of sp³-hybridized carbons (Fsp3) is 0.0800. The van der Waals surface area contributed by atoms with E-state index in [0.29, 0.717) is 16.5 Å². The number of ketones is 1. The first-order chi connectivity index (χ1) is 17.1. The van der Waals surface area contributed by atoms with Gasteiger partial charge >= 0.3 is 6.36 Å². The Labute approximate surface area is 209 Å². The number of benzene rings is 2. The lowest BCUT2D eigenvalue weighted by Gasteiger charge is -2.26. The first-order valence-electron chi connectivity index (χ1n) is 10.4. The van der Waals surface area contributed by atoms with Crippen molar-refractivity contribution in [1.29, 1.82) is 0 Å². The van der Waals surface area contributed by atoms with Gasteiger partial charge in [0.25, 0.3) is 5.91 Å². The number of carbonyl (C=O) groups is 2. The van der Waals surface area contributed by atoms with E-state index in [0.717, 1.165) is 21.5 Å². The molecule has 1 unspecified atom stereocenters. The first-order valence-corrected chi connectivity index (χ1v) is 11.2. The molecule has 1 aliphatic rings. The number of hydrogen-bond acceptors (Lipinski definition) is 6. The third kappa shape index (κ3) is 4.33. The van der Waals surface area contributed by atoms with Crippen molar-refractivity contribution in [1.82, 2.24) is 4.98 Å². The molecule has 0 saturated carbocycles. The fourth-order valence-corrected chi connectivity index (χ4v) is 4.42. The summed E-state index contributed by atoms with van der Waals surface area (Å²) in [7, 11) is 0. The summed E-state index contributed by atoms with van der Waals surface area (Å²) in [6.07, 6.45) is -2.08. The van der Waals surface area contributed by atoms with Crippen molar-refractivity contribution in [2.24, 2.45) is 0 Å². The normalized spacial score (nSPS) is 16.2. The number of carbonyl (C=O) groups excluding carboxylic acids is 2. The monoisotopic (exact) mass is 558 g/mol. The molecule has 1 aliphatic heterocycles. The highest BCUT2D eigenvalue weighted by Crippen LogP contribution is 2.43. The van der Waals surface area contributed by atoms with Gasteiger partial charge in [0.2, 0.25) is 5.78 Å². The molecule has 1 amide bonds. The SMILES string of the molecule is O=C(C1=C(O)C(=O)N(c2cccc(OC(F)(F)F)c2)C1c1cccnc1)c1cc2cc(Br)ccc2o1. The summed E-state index contributed by atoms with van der Waals surface area (Å²) in [6.45, 7) is 0. The Morgan fingerprint density at radius 2 is 1.92 bits per heavy atom. The van der Waals surface area contributed by atoms with E-state index in [1.54, 1.807) is 30.3 Å². The Hall–Kier alpha value is -4.12. The van der Waals surface area contributed by atoms with E-state index < -0.39 is 35.6 Å². The Kier molecular flexibility index (Phi) is 5.79. The summed E-state index contributed by atoms with van der Waals surface area (Å²) in [5.41, 5.74) is 0.434. The molecule has 2 aromatic heterocycles. The molecule has 1 N–H and O–H groups in total. The zero-order valence-corrected chi connectivity index (χ0v) is 19.6. The standard InChI is InChI=1S/C25H14BrF3N2O5/c26-15-6-7-18-14(9-15)10-19(35-18)22(32)20-21(13-3-2-8-30-12-13)31(24(34)23(20)33)16-4-1-5-17(11-16)36-25(27,28)29/h1-12,21,33H. The quantitative estimate of drug-likeness (QED) is 0.290. The number of aliphatic hydroxyl groups is 1. The van der Waals surface area contributed by atoms with Crippen molar-refractivity contribution in [2.45, 2.75) is 12.4 Å². The second-order valence-corrected chi connectivity index (χ2v) is 8.71. The molecule has 3 heterocycles. The number of rotatable bonds is 5. The maximum absolute atomic E-state index is 13.6. The third-order valence-corrected chi connectivity index (χ3v) is 5.98. The van der Waals surface area contributed by atoms with Crippen LogP contribution >= 0.6 is 15.9 Å². The lowest BCUT2D eigenvalue weighted by atomic mass is 9.96. The first kappa shape index (κ1) is 23.6. The van der Waals surface area contributed by atoms with Gasteiger partial charge in [-0.2, -0.15) is 0 Å². The smallest absolute Gasteiger partial charge is 0.503 e. The van der Waals surface area contributed by atoms with Crippen molar-refractivity contribution in [3.05, 3.63) is 100 Å². The lowest BCUT2D eigenvalue weighted by molar-refractivity contribution is -0.274. The van der Waals surface area contributed by atoms with Crippen LogP contribution in [0.1, 0.15) is 22.2 Å². The Balaban J connectivity index is 1.61. The zero-order valence-electron chi connectivity index (χ0n) is 18.0. The molecular weight excluding hydrogens is 545 g/mol. The number of anilines is 1. The van der Waals surface area contributed by atoms with Crippen molar-refractivity contribution in [3.63, 3.8) is 0 Å². The minimum absolute atomic E-state index is 0.0292. The van der Waals surface area contributed by atoms with E-state index in [9.17, 15) is 27.9 Å². The van der Waals surface area contributed by atoms with Crippen LogP contribution in [-0.2, 0) is 4.79 Å². The topological polar surface area (TPSA) is 92.9 Å². The summed E-state index contributed by atoms with van der Waals surface area (Å²) in [4.78, 5) is 31.8. The highest BCUT2D eigenvalue weighted by atomic mass is 79.9. The van der Waals surface area contributed by atoms with Crippen molar-refractivity contribution in [3.8, 4) is 5.75 Å². The summed E-state index contributed by atoms with van der Waals surface area (Å²) >= 11 is 3.35. The highest BCUT2D eigenvalue weighted by molar-refractivity contribution is 9.10. The minimum atomic E-state index is -4.95. The molecule has 0 saturated heterocycles. The maximum atomic E-state index is 13.6. The number of aromatic nitrogens is 1. The summed E-state index contributed by atoms with van der Waals surface area (Å²) in [5.74, 6) is -3.28. The number of aliphatic hydroxyl groups excluding tert-OH is 1. The summed E-state index contributed by atoms with van der Waals surface area (Å²) < 4.78 is 48.8. The molecular formula is C25H14BrF3N2O5. The van der Waals surface area contributed by atoms with Crippen LogP contribution in [-0.4, -0.2) is 28.1 Å². The summed E-state index contributed by atoms with van der Waals surface area (Å²) in [6, 6.07) is 13.2. The third-order valence-electron chi connectivity index (χ3n) is 5.48.